The number of ether oxygens (including phenoxy) is 1. The highest BCUT2D eigenvalue weighted by atomic mass is 16.6. The zero-order chi connectivity index (χ0) is 19.2. The molecule has 3 rings (SSSR count). The normalized spacial score (nSPS) is 10.3. The van der Waals surface area contributed by atoms with Crippen molar-refractivity contribution in [2.75, 3.05) is 11.9 Å². The molecule has 7 nitrogen and oxygen atoms in total. The van der Waals surface area contributed by atoms with E-state index in [2.05, 4.69) is 10.3 Å². The third-order valence-corrected chi connectivity index (χ3v) is 3.76. The first-order valence-corrected chi connectivity index (χ1v) is 8.35. The maximum absolute atomic E-state index is 12.4. The van der Waals surface area contributed by atoms with Gasteiger partial charge in [0.15, 0.2) is 5.78 Å². The summed E-state index contributed by atoms with van der Waals surface area (Å²) in [7, 11) is 0. The van der Waals surface area contributed by atoms with Gasteiger partial charge < -0.3 is 10.1 Å². The van der Waals surface area contributed by atoms with E-state index in [9.17, 15) is 14.9 Å². The van der Waals surface area contributed by atoms with Crippen LogP contribution in [0.1, 0.15) is 22.8 Å². The van der Waals surface area contributed by atoms with E-state index in [-0.39, 0.29) is 23.2 Å². The van der Waals surface area contributed by atoms with Gasteiger partial charge in [0.05, 0.1) is 4.92 Å². The molecule has 1 aromatic heterocycles. The Labute approximate surface area is 155 Å². The molecule has 136 valence electrons. The molecule has 3 aromatic rings. The van der Waals surface area contributed by atoms with Crippen LogP contribution in [0.25, 0.3) is 0 Å². The summed E-state index contributed by atoms with van der Waals surface area (Å²) in [4.78, 5) is 27.1. The number of nitrogens with zero attached hydrogens (tertiary/aromatic N) is 2. The minimum absolute atomic E-state index is 0.0787. The van der Waals surface area contributed by atoms with Gasteiger partial charge in [0.1, 0.15) is 5.75 Å². The van der Waals surface area contributed by atoms with Crippen molar-refractivity contribution in [2.24, 2.45) is 0 Å². The van der Waals surface area contributed by atoms with E-state index in [1.54, 1.807) is 36.4 Å². The molecule has 0 radical (unpaired) electrons. The quantitative estimate of drug-likeness (QED) is 0.379. The summed E-state index contributed by atoms with van der Waals surface area (Å²) in [5.74, 6) is 0.767. The lowest BCUT2D eigenvalue weighted by molar-refractivity contribution is -0.384. The summed E-state index contributed by atoms with van der Waals surface area (Å²) in [5, 5.41) is 13.9. The first-order chi connectivity index (χ1) is 13.1. The summed E-state index contributed by atoms with van der Waals surface area (Å²) in [6.07, 6.45) is 0. The third kappa shape index (κ3) is 4.27. The van der Waals surface area contributed by atoms with Crippen LogP contribution in [0, 0.1) is 10.1 Å². The maximum Gasteiger partial charge on any atom is 0.311 e. The molecular formula is C20H17N3O4. The number of pyridine rings is 1. The van der Waals surface area contributed by atoms with Crippen molar-refractivity contribution in [1.29, 1.82) is 0 Å². The van der Waals surface area contributed by atoms with Crippen LogP contribution >= 0.6 is 0 Å². The Balaban J connectivity index is 1.78. The lowest BCUT2D eigenvalue weighted by atomic mass is 10.0. The SMILES string of the molecule is CCNc1nc(Oc2ccc(C(=O)c3ccccc3)cc2)ccc1[N+](=O)[O-]. The van der Waals surface area contributed by atoms with E-state index in [0.717, 1.165) is 0 Å². The molecule has 0 bridgehead atoms. The van der Waals surface area contributed by atoms with Gasteiger partial charge in [-0.05, 0) is 31.2 Å². The molecule has 0 atom stereocenters. The zero-order valence-corrected chi connectivity index (χ0v) is 14.6. The lowest BCUT2D eigenvalue weighted by Gasteiger charge is -2.08. The molecule has 0 saturated carbocycles. The standard InChI is InChI=1S/C20H17N3O4/c1-2-21-20-17(23(25)26)12-13-18(22-20)27-16-10-8-15(9-11-16)19(24)14-6-4-3-5-7-14/h3-13H,2H2,1H3,(H,21,22). The number of hydrogen-bond acceptors (Lipinski definition) is 6. The van der Waals surface area contributed by atoms with Gasteiger partial charge in [0.25, 0.3) is 0 Å². The fraction of sp³-hybridized carbons (Fsp3) is 0.100. The van der Waals surface area contributed by atoms with Crippen molar-refractivity contribution in [3.05, 3.63) is 88.0 Å². The second-order valence-corrected chi connectivity index (χ2v) is 5.63. The summed E-state index contributed by atoms with van der Waals surface area (Å²) in [6, 6.07) is 18.4. The maximum atomic E-state index is 12.4. The smallest absolute Gasteiger partial charge is 0.311 e. The van der Waals surface area contributed by atoms with E-state index in [1.807, 2.05) is 25.1 Å². The molecular weight excluding hydrogens is 346 g/mol. The number of carbonyl (C=O) groups excluding carboxylic acids is 1. The Hall–Kier alpha value is -3.74. The molecule has 1 N–H and O–H groups in total. The molecule has 1 heterocycles. The number of carbonyl (C=O) groups is 1. The van der Waals surface area contributed by atoms with Gasteiger partial charge in [-0.1, -0.05) is 30.3 Å². The summed E-state index contributed by atoms with van der Waals surface area (Å²) >= 11 is 0. The number of nitro groups is 1. The van der Waals surface area contributed by atoms with Gasteiger partial charge in [-0.15, -0.1) is 0 Å². The number of nitrogens with one attached hydrogen (secondary N) is 1. The first kappa shape index (κ1) is 18.1. The average Bonchev–Trinajstić information content (AvgIpc) is 2.69. The van der Waals surface area contributed by atoms with Crippen molar-refractivity contribution in [3.63, 3.8) is 0 Å². The molecule has 0 fully saturated rings. The second kappa shape index (κ2) is 8.09. The van der Waals surface area contributed by atoms with Crippen LogP contribution in [0.4, 0.5) is 11.5 Å². The Bertz CT molecular complexity index is 957. The first-order valence-electron chi connectivity index (χ1n) is 8.35. The minimum atomic E-state index is -0.501. The van der Waals surface area contributed by atoms with E-state index in [4.69, 9.17) is 4.74 Å². The second-order valence-electron chi connectivity index (χ2n) is 5.63. The minimum Gasteiger partial charge on any atom is -0.439 e. The molecule has 0 unspecified atom stereocenters. The highest BCUT2D eigenvalue weighted by Gasteiger charge is 2.16. The van der Waals surface area contributed by atoms with Crippen LogP contribution in [-0.2, 0) is 0 Å². The molecule has 0 spiro atoms. The van der Waals surface area contributed by atoms with Gasteiger partial charge in [0.2, 0.25) is 11.7 Å². The zero-order valence-electron chi connectivity index (χ0n) is 14.6. The van der Waals surface area contributed by atoms with Gasteiger partial charge in [0, 0.05) is 29.8 Å². The molecule has 7 heteroatoms. The lowest BCUT2D eigenvalue weighted by Crippen LogP contribution is -2.04. The molecule has 0 aliphatic carbocycles. The Morgan fingerprint density at radius 3 is 2.33 bits per heavy atom. The number of ketones is 1. The van der Waals surface area contributed by atoms with Gasteiger partial charge >= 0.3 is 5.69 Å². The summed E-state index contributed by atoms with van der Waals surface area (Å²) in [5.41, 5.74) is 1.03. The van der Waals surface area contributed by atoms with E-state index in [1.165, 1.54) is 12.1 Å². The van der Waals surface area contributed by atoms with Crippen LogP contribution in [0.5, 0.6) is 11.6 Å². The fourth-order valence-electron chi connectivity index (χ4n) is 2.49. The van der Waals surface area contributed by atoms with E-state index in [0.29, 0.717) is 23.4 Å². The van der Waals surface area contributed by atoms with Crippen molar-refractivity contribution < 1.29 is 14.5 Å². The highest BCUT2D eigenvalue weighted by molar-refractivity contribution is 6.08. The molecule has 0 saturated heterocycles. The van der Waals surface area contributed by atoms with E-state index >= 15 is 0 Å². The van der Waals surface area contributed by atoms with Crippen molar-refractivity contribution >= 4 is 17.3 Å². The number of hydrogen-bond donors (Lipinski definition) is 1. The van der Waals surface area contributed by atoms with Crippen LogP contribution in [0.3, 0.4) is 0 Å². The highest BCUT2D eigenvalue weighted by Crippen LogP contribution is 2.28. The van der Waals surface area contributed by atoms with Crippen molar-refractivity contribution in [1.82, 2.24) is 4.98 Å². The van der Waals surface area contributed by atoms with Crippen LogP contribution < -0.4 is 10.1 Å². The van der Waals surface area contributed by atoms with Crippen LogP contribution in [-0.4, -0.2) is 22.2 Å². The summed E-state index contributed by atoms with van der Waals surface area (Å²) < 4.78 is 5.66. The molecule has 0 amide bonds. The molecule has 0 aliphatic heterocycles. The molecule has 27 heavy (non-hydrogen) atoms. The van der Waals surface area contributed by atoms with Gasteiger partial charge in [-0.2, -0.15) is 4.98 Å². The summed E-state index contributed by atoms with van der Waals surface area (Å²) in [6.45, 7) is 2.31. The topological polar surface area (TPSA) is 94.4 Å². The monoisotopic (exact) mass is 363 g/mol. The number of rotatable bonds is 7. The van der Waals surface area contributed by atoms with Crippen LogP contribution in [0.15, 0.2) is 66.7 Å². The van der Waals surface area contributed by atoms with E-state index < -0.39 is 4.92 Å². The fourth-order valence-corrected chi connectivity index (χ4v) is 2.49. The third-order valence-electron chi connectivity index (χ3n) is 3.76. The van der Waals surface area contributed by atoms with Crippen molar-refractivity contribution in [3.8, 4) is 11.6 Å². The van der Waals surface area contributed by atoms with Crippen molar-refractivity contribution in [2.45, 2.75) is 6.92 Å². The van der Waals surface area contributed by atoms with Gasteiger partial charge in [-0.25, -0.2) is 0 Å². The largest absolute Gasteiger partial charge is 0.439 e. The Kier molecular flexibility index (Phi) is 5.41. The van der Waals surface area contributed by atoms with Crippen LogP contribution in [0.2, 0.25) is 0 Å². The predicted molar refractivity (Wildman–Crippen MR) is 101 cm³/mol. The number of aromatic nitrogens is 1. The molecule has 0 aliphatic rings. The molecule has 2 aromatic carbocycles. The van der Waals surface area contributed by atoms with Gasteiger partial charge in [-0.3, -0.25) is 14.9 Å². The number of anilines is 1. The Morgan fingerprint density at radius 1 is 1.04 bits per heavy atom. The Morgan fingerprint density at radius 2 is 1.70 bits per heavy atom. The number of benzene rings is 2. The predicted octanol–water partition coefficient (Wildman–Crippen LogP) is 4.44. The average molecular weight is 363 g/mol.